The van der Waals surface area contributed by atoms with E-state index >= 15 is 0 Å². The van der Waals surface area contributed by atoms with Gasteiger partial charge >= 0.3 is 17.9 Å². The zero-order valence-corrected chi connectivity index (χ0v) is 42.7. The third kappa shape index (κ3) is 51.1. The Kier molecular flexibility index (Phi) is 50.5. The Balaban J connectivity index is 4.49. The van der Waals surface area contributed by atoms with Gasteiger partial charge in [-0.2, -0.15) is 0 Å². The molecule has 6 nitrogen and oxygen atoms in total. The second-order valence-electron chi connectivity index (χ2n) is 17.6. The van der Waals surface area contributed by atoms with Gasteiger partial charge in [-0.05, 0) is 57.8 Å². The Hall–Kier alpha value is -3.93. The smallest absolute Gasteiger partial charge is 0.306 e. The molecule has 0 heterocycles. The van der Waals surface area contributed by atoms with Gasteiger partial charge in [-0.15, -0.1) is 0 Å². The van der Waals surface area contributed by atoms with Gasteiger partial charge in [-0.3, -0.25) is 14.4 Å². The molecule has 0 aliphatic heterocycles. The Morgan fingerprint density at radius 2 is 0.591 bits per heavy atom. The van der Waals surface area contributed by atoms with Crippen LogP contribution in [-0.4, -0.2) is 37.2 Å². The molecule has 0 aromatic heterocycles. The third-order valence-corrected chi connectivity index (χ3v) is 11.2. The zero-order chi connectivity index (χ0) is 47.9. The molecule has 374 valence electrons. The zero-order valence-electron chi connectivity index (χ0n) is 42.7. The molecule has 0 fully saturated rings. The van der Waals surface area contributed by atoms with Crippen LogP contribution in [0.25, 0.3) is 0 Å². The lowest BCUT2D eigenvalue weighted by Crippen LogP contribution is -2.30. The van der Waals surface area contributed by atoms with Gasteiger partial charge in [0.15, 0.2) is 6.10 Å². The average molecular weight is 915 g/mol. The maximum atomic E-state index is 12.8. The summed E-state index contributed by atoms with van der Waals surface area (Å²) in [7, 11) is 0. The fourth-order valence-electron chi connectivity index (χ4n) is 7.24. The van der Waals surface area contributed by atoms with E-state index in [1.54, 1.807) is 0 Å². The van der Waals surface area contributed by atoms with E-state index in [0.717, 1.165) is 83.5 Å². The molecule has 0 aromatic carbocycles. The summed E-state index contributed by atoms with van der Waals surface area (Å²) < 4.78 is 16.8. The lowest BCUT2D eigenvalue weighted by Gasteiger charge is -2.18. The Labute approximate surface area is 406 Å². The molecule has 0 rings (SSSR count). The summed E-state index contributed by atoms with van der Waals surface area (Å²) in [5.41, 5.74) is 0. The largest absolute Gasteiger partial charge is 0.462 e. The Morgan fingerprint density at radius 1 is 0.318 bits per heavy atom. The van der Waals surface area contributed by atoms with Crippen LogP contribution in [0.4, 0.5) is 0 Å². The van der Waals surface area contributed by atoms with E-state index in [1.165, 1.54) is 109 Å². The minimum absolute atomic E-state index is 0.0992. The van der Waals surface area contributed by atoms with E-state index < -0.39 is 6.10 Å². The highest BCUT2D eigenvalue weighted by Gasteiger charge is 2.19. The molecule has 0 N–H and O–H groups in total. The molecule has 0 aliphatic rings. The fourth-order valence-corrected chi connectivity index (χ4v) is 7.24. The quantitative estimate of drug-likeness (QED) is 0.0262. The number of carbonyl (C=O) groups excluding carboxylic acids is 3. The van der Waals surface area contributed by atoms with Gasteiger partial charge < -0.3 is 14.2 Å². The van der Waals surface area contributed by atoms with Crippen LogP contribution in [0, 0.1) is 0 Å². The van der Waals surface area contributed by atoms with E-state index in [0.29, 0.717) is 19.3 Å². The molecule has 1 atom stereocenters. The number of carbonyl (C=O) groups is 3. The number of esters is 3. The Bertz CT molecular complexity index is 1370. The molecule has 1 unspecified atom stereocenters. The molecule has 0 aliphatic carbocycles. The van der Waals surface area contributed by atoms with Gasteiger partial charge in [0.1, 0.15) is 13.2 Å². The minimum Gasteiger partial charge on any atom is -0.462 e. The topological polar surface area (TPSA) is 78.9 Å². The molecule has 0 aromatic rings. The average Bonchev–Trinajstić information content (AvgIpc) is 3.31. The van der Waals surface area contributed by atoms with Crippen molar-refractivity contribution in [3.8, 4) is 0 Å². The first-order valence-corrected chi connectivity index (χ1v) is 27.0. The standard InChI is InChI=1S/C60H98O6/c1-4-7-10-13-16-19-22-25-28-30-33-35-38-41-44-47-50-53-59(62)65-56-57(55-64-58(61)52-49-46-43-40-37-34-31-27-24-21-18-15-12-9-6-3)66-60(63)54-51-48-45-42-39-36-32-29-26-23-20-17-14-11-8-5-2/h7,9-10,12-13,15-16,18-19,21-22,24-25,28,30,33,35,38,57H,4-6,8,11,14,17,20,23,26-27,29,31-32,34,36-37,39-56H2,1-3H3/b10-7-,12-9-,16-13-,18-15-,22-19-,24-21-,28-25-,33-30+,38-35-. The van der Waals surface area contributed by atoms with Crippen LogP contribution in [0.1, 0.15) is 233 Å². The number of hydrogen-bond acceptors (Lipinski definition) is 6. The number of hydrogen-bond donors (Lipinski definition) is 0. The van der Waals surface area contributed by atoms with Gasteiger partial charge in [-0.25, -0.2) is 0 Å². The first-order valence-electron chi connectivity index (χ1n) is 27.0. The van der Waals surface area contributed by atoms with Crippen LogP contribution in [0.5, 0.6) is 0 Å². The van der Waals surface area contributed by atoms with Crippen LogP contribution < -0.4 is 0 Å². The van der Waals surface area contributed by atoms with Crippen LogP contribution in [0.15, 0.2) is 109 Å². The molecular formula is C60H98O6. The summed E-state index contributed by atoms with van der Waals surface area (Å²) in [6.07, 6.45) is 72.1. The van der Waals surface area contributed by atoms with Crippen molar-refractivity contribution < 1.29 is 28.6 Å². The monoisotopic (exact) mass is 915 g/mol. The second-order valence-corrected chi connectivity index (χ2v) is 17.6. The van der Waals surface area contributed by atoms with Gasteiger partial charge in [0.05, 0.1) is 0 Å². The first kappa shape index (κ1) is 62.1. The fraction of sp³-hybridized carbons (Fsp3) is 0.650. The molecule has 0 radical (unpaired) electrons. The number of unbranched alkanes of at least 4 members (excludes halogenated alkanes) is 25. The highest BCUT2D eigenvalue weighted by molar-refractivity contribution is 5.71. The van der Waals surface area contributed by atoms with Crippen LogP contribution in [-0.2, 0) is 28.6 Å². The second kappa shape index (κ2) is 53.7. The van der Waals surface area contributed by atoms with Crippen molar-refractivity contribution in [1.82, 2.24) is 0 Å². The van der Waals surface area contributed by atoms with Gasteiger partial charge in [0.2, 0.25) is 0 Å². The van der Waals surface area contributed by atoms with Crippen molar-refractivity contribution in [2.75, 3.05) is 13.2 Å². The predicted octanol–water partition coefficient (Wildman–Crippen LogP) is 17.9. The van der Waals surface area contributed by atoms with Crippen molar-refractivity contribution in [3.63, 3.8) is 0 Å². The van der Waals surface area contributed by atoms with Crippen molar-refractivity contribution in [2.45, 2.75) is 239 Å². The number of rotatable bonds is 47. The van der Waals surface area contributed by atoms with Crippen molar-refractivity contribution in [3.05, 3.63) is 109 Å². The Morgan fingerprint density at radius 3 is 0.939 bits per heavy atom. The van der Waals surface area contributed by atoms with E-state index in [1.807, 2.05) is 60.8 Å². The lowest BCUT2D eigenvalue weighted by atomic mass is 10.0. The lowest BCUT2D eigenvalue weighted by molar-refractivity contribution is -0.167. The molecule has 0 amide bonds. The molecular weight excluding hydrogens is 817 g/mol. The molecule has 0 saturated carbocycles. The van der Waals surface area contributed by atoms with E-state index in [2.05, 4.69) is 69.4 Å². The van der Waals surface area contributed by atoms with Crippen molar-refractivity contribution in [2.24, 2.45) is 0 Å². The molecule has 6 heteroatoms. The minimum atomic E-state index is -0.802. The summed E-state index contributed by atoms with van der Waals surface area (Å²) in [4.78, 5) is 38.1. The first-order chi connectivity index (χ1) is 32.5. The van der Waals surface area contributed by atoms with Gasteiger partial charge in [-0.1, -0.05) is 265 Å². The molecule has 0 bridgehead atoms. The van der Waals surface area contributed by atoms with Gasteiger partial charge in [0, 0.05) is 19.3 Å². The predicted molar refractivity (Wildman–Crippen MR) is 283 cm³/mol. The summed E-state index contributed by atoms with van der Waals surface area (Å²) in [5.74, 6) is -0.954. The number of ether oxygens (including phenoxy) is 3. The molecule has 66 heavy (non-hydrogen) atoms. The molecule has 0 spiro atoms. The summed E-state index contributed by atoms with van der Waals surface area (Å²) >= 11 is 0. The highest BCUT2D eigenvalue weighted by atomic mass is 16.6. The van der Waals surface area contributed by atoms with Crippen molar-refractivity contribution in [1.29, 1.82) is 0 Å². The summed E-state index contributed by atoms with van der Waals surface area (Å²) in [5, 5.41) is 0. The van der Waals surface area contributed by atoms with Crippen LogP contribution in [0.3, 0.4) is 0 Å². The van der Waals surface area contributed by atoms with E-state index in [4.69, 9.17) is 14.2 Å². The normalized spacial score (nSPS) is 13.0. The van der Waals surface area contributed by atoms with Crippen molar-refractivity contribution >= 4 is 17.9 Å². The van der Waals surface area contributed by atoms with Gasteiger partial charge in [0.25, 0.3) is 0 Å². The maximum absolute atomic E-state index is 12.8. The van der Waals surface area contributed by atoms with E-state index in [-0.39, 0.29) is 31.1 Å². The summed E-state index contributed by atoms with van der Waals surface area (Å²) in [6, 6.07) is 0. The SMILES string of the molecule is CC\C=C/C=C\C=C/C=C\C=C\C=C/CCCCCC(=O)OCC(COC(=O)CCCCCCCCC\C=C/C=C\C=C/CC)OC(=O)CCCCCCCCCCCCCCCCCC. The van der Waals surface area contributed by atoms with Crippen LogP contribution >= 0.6 is 0 Å². The van der Waals surface area contributed by atoms with Crippen LogP contribution in [0.2, 0.25) is 0 Å². The third-order valence-electron chi connectivity index (χ3n) is 11.2. The highest BCUT2D eigenvalue weighted by Crippen LogP contribution is 2.15. The molecule has 0 saturated heterocycles. The number of allylic oxidation sites excluding steroid dienone is 18. The summed E-state index contributed by atoms with van der Waals surface area (Å²) in [6.45, 7) is 6.32. The maximum Gasteiger partial charge on any atom is 0.306 e. The van der Waals surface area contributed by atoms with E-state index in [9.17, 15) is 14.4 Å².